The Kier molecular flexibility index (Phi) is 6.00. The van der Waals surface area contributed by atoms with Gasteiger partial charge in [-0.1, -0.05) is 36.4 Å². The van der Waals surface area contributed by atoms with Crippen molar-refractivity contribution in [1.82, 2.24) is 5.32 Å². The number of methoxy groups -OCH3 is 2. The molecule has 0 spiro atoms. The standard InChI is InChI=1S/C18H22N2O3/c1-22-16-9-8-14(11-17(16)23-2)12-20-18(21)15(19)10-13-6-4-3-5-7-13/h3-9,11,15H,10,12,19H2,1-2H3,(H,20,21)/t15-/m0/s1. The molecule has 1 amide bonds. The van der Waals surface area contributed by atoms with Crippen LogP contribution in [0.5, 0.6) is 11.5 Å². The van der Waals surface area contributed by atoms with Crippen LogP contribution in [0, 0.1) is 0 Å². The van der Waals surface area contributed by atoms with Crippen molar-refractivity contribution >= 4 is 5.91 Å². The quantitative estimate of drug-likeness (QED) is 0.818. The third kappa shape index (κ3) is 4.72. The minimum atomic E-state index is -0.572. The number of carbonyl (C=O) groups excluding carboxylic acids is 1. The van der Waals surface area contributed by atoms with E-state index in [4.69, 9.17) is 15.2 Å². The molecule has 0 aliphatic carbocycles. The molecular formula is C18H22N2O3. The summed E-state index contributed by atoms with van der Waals surface area (Å²) in [6.07, 6.45) is 0.513. The number of nitrogens with two attached hydrogens (primary N) is 1. The molecule has 2 aromatic carbocycles. The summed E-state index contributed by atoms with van der Waals surface area (Å²) >= 11 is 0. The van der Waals surface area contributed by atoms with E-state index in [1.54, 1.807) is 14.2 Å². The van der Waals surface area contributed by atoms with Crippen LogP contribution in [-0.4, -0.2) is 26.2 Å². The Morgan fingerprint density at radius 1 is 1.04 bits per heavy atom. The zero-order valence-corrected chi connectivity index (χ0v) is 13.4. The normalized spacial score (nSPS) is 11.6. The lowest BCUT2D eigenvalue weighted by atomic mass is 10.1. The van der Waals surface area contributed by atoms with E-state index in [2.05, 4.69) is 5.32 Å². The number of hydrogen-bond acceptors (Lipinski definition) is 4. The Balaban J connectivity index is 1.91. The summed E-state index contributed by atoms with van der Waals surface area (Å²) in [6, 6.07) is 14.7. The van der Waals surface area contributed by atoms with Crippen LogP contribution in [0.1, 0.15) is 11.1 Å². The van der Waals surface area contributed by atoms with Crippen molar-refractivity contribution in [2.45, 2.75) is 19.0 Å². The van der Waals surface area contributed by atoms with Crippen LogP contribution in [0.3, 0.4) is 0 Å². The Hall–Kier alpha value is -2.53. The maximum Gasteiger partial charge on any atom is 0.237 e. The van der Waals surface area contributed by atoms with E-state index < -0.39 is 6.04 Å². The first-order valence-electron chi connectivity index (χ1n) is 7.42. The molecule has 0 saturated heterocycles. The van der Waals surface area contributed by atoms with E-state index >= 15 is 0 Å². The van der Waals surface area contributed by atoms with E-state index in [9.17, 15) is 4.79 Å². The second-order valence-electron chi connectivity index (χ2n) is 5.20. The lowest BCUT2D eigenvalue weighted by Crippen LogP contribution is -2.41. The molecule has 0 heterocycles. The van der Waals surface area contributed by atoms with Gasteiger partial charge in [-0.2, -0.15) is 0 Å². The molecule has 2 rings (SSSR count). The van der Waals surface area contributed by atoms with Crippen molar-refractivity contribution < 1.29 is 14.3 Å². The van der Waals surface area contributed by atoms with Crippen LogP contribution < -0.4 is 20.5 Å². The summed E-state index contributed by atoms with van der Waals surface area (Å²) in [7, 11) is 3.16. The van der Waals surface area contributed by atoms with Gasteiger partial charge in [-0.25, -0.2) is 0 Å². The van der Waals surface area contributed by atoms with Gasteiger partial charge in [0.05, 0.1) is 20.3 Å². The first-order chi connectivity index (χ1) is 11.1. The first kappa shape index (κ1) is 16.8. The SMILES string of the molecule is COc1ccc(CNC(=O)[C@@H](N)Cc2ccccc2)cc1OC. The molecule has 122 valence electrons. The molecule has 0 bridgehead atoms. The van der Waals surface area contributed by atoms with Gasteiger partial charge in [0.15, 0.2) is 11.5 Å². The van der Waals surface area contributed by atoms with E-state index in [1.807, 2.05) is 48.5 Å². The molecule has 0 aliphatic rings. The van der Waals surface area contributed by atoms with Gasteiger partial charge in [0.25, 0.3) is 0 Å². The second-order valence-corrected chi connectivity index (χ2v) is 5.20. The fourth-order valence-electron chi connectivity index (χ4n) is 2.27. The molecule has 0 radical (unpaired) electrons. The summed E-state index contributed by atoms with van der Waals surface area (Å²) in [6.45, 7) is 0.391. The number of carbonyl (C=O) groups is 1. The molecule has 0 fully saturated rings. The van der Waals surface area contributed by atoms with E-state index in [-0.39, 0.29) is 5.91 Å². The lowest BCUT2D eigenvalue weighted by molar-refractivity contribution is -0.122. The van der Waals surface area contributed by atoms with Gasteiger partial charge in [0, 0.05) is 6.54 Å². The van der Waals surface area contributed by atoms with Crippen molar-refractivity contribution in [3.05, 3.63) is 59.7 Å². The van der Waals surface area contributed by atoms with E-state index in [0.29, 0.717) is 24.5 Å². The van der Waals surface area contributed by atoms with Gasteiger partial charge in [0.2, 0.25) is 5.91 Å². The Labute approximate surface area is 136 Å². The Morgan fingerprint density at radius 2 is 1.74 bits per heavy atom. The number of benzene rings is 2. The largest absolute Gasteiger partial charge is 0.493 e. The average molecular weight is 314 g/mol. The minimum absolute atomic E-state index is 0.177. The topological polar surface area (TPSA) is 73.6 Å². The van der Waals surface area contributed by atoms with Crippen LogP contribution in [0.2, 0.25) is 0 Å². The summed E-state index contributed by atoms with van der Waals surface area (Å²) in [4.78, 5) is 12.1. The summed E-state index contributed by atoms with van der Waals surface area (Å²) in [5.41, 5.74) is 7.92. The van der Waals surface area contributed by atoms with Crippen molar-refractivity contribution in [3.63, 3.8) is 0 Å². The minimum Gasteiger partial charge on any atom is -0.493 e. The Bertz CT molecular complexity index is 644. The molecule has 0 aliphatic heterocycles. The van der Waals surface area contributed by atoms with Crippen LogP contribution in [-0.2, 0) is 17.8 Å². The number of amides is 1. The summed E-state index contributed by atoms with van der Waals surface area (Å²) < 4.78 is 10.4. The van der Waals surface area contributed by atoms with Crippen molar-refractivity contribution in [1.29, 1.82) is 0 Å². The van der Waals surface area contributed by atoms with Crippen molar-refractivity contribution in [2.75, 3.05) is 14.2 Å². The van der Waals surface area contributed by atoms with Crippen LogP contribution in [0.15, 0.2) is 48.5 Å². The molecule has 1 atom stereocenters. The third-order valence-electron chi connectivity index (χ3n) is 3.55. The fourth-order valence-corrected chi connectivity index (χ4v) is 2.27. The number of ether oxygens (including phenoxy) is 2. The predicted molar refractivity (Wildman–Crippen MR) is 89.5 cm³/mol. The van der Waals surface area contributed by atoms with Gasteiger partial charge in [-0.05, 0) is 29.7 Å². The highest BCUT2D eigenvalue weighted by Gasteiger charge is 2.14. The van der Waals surface area contributed by atoms with Gasteiger partial charge >= 0.3 is 0 Å². The highest BCUT2D eigenvalue weighted by atomic mass is 16.5. The maximum absolute atomic E-state index is 12.1. The monoisotopic (exact) mass is 314 g/mol. The maximum atomic E-state index is 12.1. The van der Waals surface area contributed by atoms with Crippen LogP contribution in [0.25, 0.3) is 0 Å². The number of nitrogens with one attached hydrogen (secondary N) is 1. The molecule has 23 heavy (non-hydrogen) atoms. The molecule has 0 aromatic heterocycles. The highest BCUT2D eigenvalue weighted by Crippen LogP contribution is 2.27. The van der Waals surface area contributed by atoms with Crippen LogP contribution >= 0.6 is 0 Å². The fraction of sp³-hybridized carbons (Fsp3) is 0.278. The van der Waals surface area contributed by atoms with E-state index in [0.717, 1.165) is 11.1 Å². The first-order valence-corrected chi connectivity index (χ1v) is 7.42. The van der Waals surface area contributed by atoms with Gasteiger partial charge < -0.3 is 20.5 Å². The zero-order chi connectivity index (χ0) is 16.7. The molecule has 0 unspecified atom stereocenters. The molecule has 3 N–H and O–H groups in total. The van der Waals surface area contributed by atoms with Crippen molar-refractivity contribution in [3.8, 4) is 11.5 Å². The smallest absolute Gasteiger partial charge is 0.237 e. The molecular weight excluding hydrogens is 292 g/mol. The predicted octanol–water partition coefficient (Wildman–Crippen LogP) is 1.89. The zero-order valence-electron chi connectivity index (χ0n) is 13.4. The molecule has 5 heteroatoms. The molecule has 0 saturated carbocycles. The van der Waals surface area contributed by atoms with Gasteiger partial charge in [0.1, 0.15) is 0 Å². The number of hydrogen-bond donors (Lipinski definition) is 2. The van der Waals surface area contributed by atoms with Gasteiger partial charge in [-0.3, -0.25) is 4.79 Å². The second kappa shape index (κ2) is 8.19. The average Bonchev–Trinajstić information content (AvgIpc) is 2.60. The van der Waals surface area contributed by atoms with Gasteiger partial charge in [-0.15, -0.1) is 0 Å². The molecule has 2 aromatic rings. The third-order valence-corrected chi connectivity index (χ3v) is 3.55. The van der Waals surface area contributed by atoms with E-state index in [1.165, 1.54) is 0 Å². The summed E-state index contributed by atoms with van der Waals surface area (Å²) in [5.74, 6) is 1.11. The Morgan fingerprint density at radius 3 is 2.39 bits per heavy atom. The molecule has 5 nitrogen and oxygen atoms in total. The van der Waals surface area contributed by atoms with Crippen molar-refractivity contribution in [2.24, 2.45) is 5.73 Å². The highest BCUT2D eigenvalue weighted by molar-refractivity contribution is 5.81. The lowest BCUT2D eigenvalue weighted by Gasteiger charge is -2.13. The number of rotatable bonds is 7. The summed E-state index contributed by atoms with van der Waals surface area (Å²) in [5, 5.41) is 2.85. The van der Waals surface area contributed by atoms with Crippen LogP contribution in [0.4, 0.5) is 0 Å².